The molecule has 0 bridgehead atoms. The van der Waals surface area contributed by atoms with Crippen molar-refractivity contribution in [3.8, 4) is 22.3 Å². The zero-order chi connectivity index (χ0) is 20.8. The summed E-state index contributed by atoms with van der Waals surface area (Å²) >= 11 is 0. The summed E-state index contributed by atoms with van der Waals surface area (Å²) in [5.41, 5.74) is 9.44. The third-order valence-electron chi connectivity index (χ3n) is 5.79. The Morgan fingerprint density at radius 1 is 0.828 bits per heavy atom. The first-order chi connectivity index (χ1) is 14.0. The SMILES string of the molecule is CCCc1cc(-c2ccc(-c3ccccc3CC(C)C)c(C(C)CC)c2)ccn1. The first kappa shape index (κ1) is 21.3. The first-order valence-corrected chi connectivity index (χ1v) is 11.2. The zero-order valence-electron chi connectivity index (χ0n) is 18.7. The maximum Gasteiger partial charge on any atom is 0.0409 e. The van der Waals surface area contributed by atoms with Crippen LogP contribution in [0.3, 0.4) is 0 Å². The van der Waals surface area contributed by atoms with E-state index in [0.29, 0.717) is 11.8 Å². The molecule has 0 fully saturated rings. The molecule has 0 aliphatic heterocycles. The van der Waals surface area contributed by atoms with Gasteiger partial charge in [-0.05, 0) is 76.6 Å². The molecule has 29 heavy (non-hydrogen) atoms. The number of nitrogens with zero attached hydrogens (tertiary/aromatic N) is 1. The Morgan fingerprint density at radius 2 is 1.59 bits per heavy atom. The van der Waals surface area contributed by atoms with Crippen molar-refractivity contribution in [2.45, 2.75) is 66.2 Å². The number of aryl methyl sites for hydroxylation is 1. The van der Waals surface area contributed by atoms with Crippen molar-refractivity contribution in [3.05, 3.63) is 77.6 Å². The molecule has 2 aromatic carbocycles. The van der Waals surface area contributed by atoms with Crippen LogP contribution in [0.5, 0.6) is 0 Å². The van der Waals surface area contributed by atoms with Crippen LogP contribution in [0, 0.1) is 5.92 Å². The second kappa shape index (κ2) is 9.87. The van der Waals surface area contributed by atoms with Crippen molar-refractivity contribution in [2.24, 2.45) is 5.92 Å². The summed E-state index contributed by atoms with van der Waals surface area (Å²) in [4.78, 5) is 4.53. The van der Waals surface area contributed by atoms with E-state index < -0.39 is 0 Å². The van der Waals surface area contributed by atoms with Gasteiger partial charge in [-0.2, -0.15) is 0 Å². The minimum Gasteiger partial charge on any atom is -0.261 e. The Balaban J connectivity index is 2.10. The second-order valence-electron chi connectivity index (χ2n) is 8.65. The number of aromatic nitrogens is 1. The molecule has 1 heterocycles. The van der Waals surface area contributed by atoms with Crippen LogP contribution in [0.15, 0.2) is 60.8 Å². The van der Waals surface area contributed by atoms with Gasteiger partial charge in [0.05, 0.1) is 0 Å². The standard InChI is InChI=1S/C28H35N/c1-6-10-25-18-23(15-16-29-25)22-13-14-27(28(19-22)21(5)7-2)26-12-9-8-11-24(26)17-20(3)4/h8-9,11-16,18-21H,6-7,10,17H2,1-5H3. The van der Waals surface area contributed by atoms with Crippen molar-refractivity contribution in [1.82, 2.24) is 4.98 Å². The number of pyridine rings is 1. The number of benzene rings is 2. The Kier molecular flexibility index (Phi) is 7.25. The lowest BCUT2D eigenvalue weighted by atomic mass is 9.85. The molecule has 3 rings (SSSR count). The van der Waals surface area contributed by atoms with Gasteiger partial charge in [0.1, 0.15) is 0 Å². The largest absolute Gasteiger partial charge is 0.261 e. The van der Waals surface area contributed by atoms with Crippen LogP contribution < -0.4 is 0 Å². The van der Waals surface area contributed by atoms with Crippen LogP contribution in [-0.4, -0.2) is 4.98 Å². The lowest BCUT2D eigenvalue weighted by Crippen LogP contribution is -2.01. The third-order valence-corrected chi connectivity index (χ3v) is 5.79. The summed E-state index contributed by atoms with van der Waals surface area (Å²) in [6.45, 7) is 11.4. The maximum absolute atomic E-state index is 4.53. The average molecular weight is 386 g/mol. The van der Waals surface area contributed by atoms with Crippen LogP contribution in [0.4, 0.5) is 0 Å². The normalized spacial score (nSPS) is 12.3. The third kappa shape index (κ3) is 5.15. The molecule has 0 N–H and O–H groups in total. The van der Waals surface area contributed by atoms with E-state index in [0.717, 1.165) is 25.7 Å². The van der Waals surface area contributed by atoms with Gasteiger partial charge in [0, 0.05) is 11.9 Å². The zero-order valence-corrected chi connectivity index (χ0v) is 18.7. The van der Waals surface area contributed by atoms with E-state index in [1.165, 1.54) is 39.1 Å². The molecule has 152 valence electrons. The highest BCUT2D eigenvalue weighted by Crippen LogP contribution is 2.36. The van der Waals surface area contributed by atoms with Gasteiger partial charge < -0.3 is 0 Å². The van der Waals surface area contributed by atoms with Crippen molar-refractivity contribution < 1.29 is 0 Å². The van der Waals surface area contributed by atoms with Crippen molar-refractivity contribution in [3.63, 3.8) is 0 Å². The predicted molar refractivity (Wildman–Crippen MR) is 126 cm³/mol. The van der Waals surface area contributed by atoms with E-state index in [2.05, 4.69) is 94.2 Å². The summed E-state index contributed by atoms with van der Waals surface area (Å²) < 4.78 is 0. The fraction of sp³-hybridized carbons (Fsp3) is 0.393. The fourth-order valence-electron chi connectivity index (χ4n) is 4.07. The summed E-state index contributed by atoms with van der Waals surface area (Å²) in [5, 5.41) is 0. The number of rotatable bonds is 8. The minimum absolute atomic E-state index is 0.522. The maximum atomic E-state index is 4.53. The van der Waals surface area contributed by atoms with E-state index in [1.807, 2.05) is 6.20 Å². The molecule has 0 radical (unpaired) electrons. The lowest BCUT2D eigenvalue weighted by molar-refractivity contribution is 0.648. The molecule has 3 aromatic rings. The van der Waals surface area contributed by atoms with E-state index in [4.69, 9.17) is 0 Å². The number of hydrogen-bond acceptors (Lipinski definition) is 1. The van der Waals surface area contributed by atoms with Crippen LogP contribution >= 0.6 is 0 Å². The van der Waals surface area contributed by atoms with Crippen LogP contribution in [0.1, 0.15) is 70.2 Å². The molecule has 0 spiro atoms. The van der Waals surface area contributed by atoms with Gasteiger partial charge in [-0.3, -0.25) is 4.98 Å². The highest BCUT2D eigenvalue weighted by molar-refractivity contribution is 5.76. The molecule has 0 saturated carbocycles. The average Bonchev–Trinajstić information content (AvgIpc) is 2.73. The molecule has 1 aromatic heterocycles. The highest BCUT2D eigenvalue weighted by Gasteiger charge is 2.15. The summed E-state index contributed by atoms with van der Waals surface area (Å²) in [6.07, 6.45) is 6.37. The van der Waals surface area contributed by atoms with Gasteiger partial charge in [0.25, 0.3) is 0 Å². The lowest BCUT2D eigenvalue weighted by Gasteiger charge is -2.20. The Morgan fingerprint density at radius 3 is 2.31 bits per heavy atom. The molecule has 1 atom stereocenters. The molecule has 1 heteroatoms. The van der Waals surface area contributed by atoms with Gasteiger partial charge in [-0.15, -0.1) is 0 Å². The Hall–Kier alpha value is -2.41. The summed E-state index contributed by atoms with van der Waals surface area (Å²) in [6, 6.07) is 20.4. The van der Waals surface area contributed by atoms with E-state index >= 15 is 0 Å². The van der Waals surface area contributed by atoms with E-state index in [-0.39, 0.29) is 0 Å². The number of hydrogen-bond donors (Lipinski definition) is 0. The topological polar surface area (TPSA) is 12.9 Å². The fourth-order valence-corrected chi connectivity index (χ4v) is 4.07. The smallest absolute Gasteiger partial charge is 0.0409 e. The molecular weight excluding hydrogens is 350 g/mol. The Labute approximate surface area is 177 Å². The second-order valence-corrected chi connectivity index (χ2v) is 8.65. The first-order valence-electron chi connectivity index (χ1n) is 11.2. The molecule has 0 saturated heterocycles. The molecule has 0 aliphatic carbocycles. The summed E-state index contributed by atoms with van der Waals surface area (Å²) in [5.74, 6) is 1.17. The highest BCUT2D eigenvalue weighted by atomic mass is 14.7. The van der Waals surface area contributed by atoms with Gasteiger partial charge in [-0.25, -0.2) is 0 Å². The summed E-state index contributed by atoms with van der Waals surface area (Å²) in [7, 11) is 0. The molecule has 0 aliphatic rings. The molecule has 0 amide bonds. The molecule has 1 nitrogen and oxygen atoms in total. The molecular formula is C28H35N. The van der Waals surface area contributed by atoms with Crippen molar-refractivity contribution >= 4 is 0 Å². The minimum atomic E-state index is 0.522. The van der Waals surface area contributed by atoms with Gasteiger partial charge in [0.2, 0.25) is 0 Å². The quantitative estimate of drug-likeness (QED) is 0.382. The van der Waals surface area contributed by atoms with E-state index in [1.54, 1.807) is 0 Å². The Bertz CT molecular complexity index is 939. The van der Waals surface area contributed by atoms with Crippen LogP contribution in [-0.2, 0) is 12.8 Å². The van der Waals surface area contributed by atoms with Gasteiger partial charge in [-0.1, -0.05) is 83.5 Å². The van der Waals surface area contributed by atoms with Crippen molar-refractivity contribution in [1.29, 1.82) is 0 Å². The van der Waals surface area contributed by atoms with Gasteiger partial charge >= 0.3 is 0 Å². The molecule has 1 unspecified atom stereocenters. The monoisotopic (exact) mass is 385 g/mol. The van der Waals surface area contributed by atoms with E-state index in [9.17, 15) is 0 Å². The van der Waals surface area contributed by atoms with Gasteiger partial charge in [0.15, 0.2) is 0 Å². The van der Waals surface area contributed by atoms with Crippen molar-refractivity contribution in [2.75, 3.05) is 0 Å². The van der Waals surface area contributed by atoms with Crippen LogP contribution in [0.25, 0.3) is 22.3 Å². The predicted octanol–water partition coefficient (Wildman–Crippen LogP) is 8.08. The van der Waals surface area contributed by atoms with Crippen LogP contribution in [0.2, 0.25) is 0 Å².